The molecule has 1 N–H and O–H groups in total. The number of hydrogen-bond acceptors (Lipinski definition) is 2. The number of hydrogen-bond donors (Lipinski definition) is 1. The fourth-order valence-corrected chi connectivity index (χ4v) is 2.21. The van der Waals surface area contributed by atoms with E-state index in [4.69, 9.17) is 16.0 Å². The van der Waals surface area contributed by atoms with Crippen LogP contribution in [0.15, 0.2) is 47.3 Å². The van der Waals surface area contributed by atoms with E-state index in [1.165, 1.54) is 0 Å². The summed E-state index contributed by atoms with van der Waals surface area (Å²) in [6.07, 6.45) is 3.45. The van der Waals surface area contributed by atoms with Gasteiger partial charge >= 0.3 is 0 Å². The number of benzene rings is 1. The van der Waals surface area contributed by atoms with Crippen LogP contribution in [0.4, 0.5) is 0 Å². The van der Waals surface area contributed by atoms with Crippen LogP contribution in [0, 0.1) is 0 Å². The predicted octanol–water partition coefficient (Wildman–Crippen LogP) is 4.34. The van der Waals surface area contributed by atoms with Crippen LogP contribution in [0.1, 0.15) is 37.1 Å². The Bertz CT molecular complexity index is 467. The van der Waals surface area contributed by atoms with Crippen LogP contribution in [0.3, 0.4) is 0 Å². The first-order valence-electron chi connectivity index (χ1n) is 5.71. The maximum Gasteiger partial charge on any atom is 0.0950 e. The van der Waals surface area contributed by atoms with Crippen LogP contribution in [0.5, 0.6) is 0 Å². The van der Waals surface area contributed by atoms with Gasteiger partial charge in [0.2, 0.25) is 0 Å². The smallest absolute Gasteiger partial charge is 0.0950 e. The maximum absolute atomic E-state index is 6.17. The van der Waals surface area contributed by atoms with Crippen LogP contribution in [-0.4, -0.2) is 0 Å². The molecule has 0 aliphatic carbocycles. The fourth-order valence-electron chi connectivity index (χ4n) is 1.91. The second-order valence-electron chi connectivity index (χ2n) is 4.19. The first-order valence-corrected chi connectivity index (χ1v) is 6.09. The topological polar surface area (TPSA) is 25.2 Å². The lowest BCUT2D eigenvalue weighted by Gasteiger charge is -2.20. The van der Waals surface area contributed by atoms with Crippen molar-refractivity contribution < 1.29 is 4.42 Å². The Balaban J connectivity index is 2.07. The highest BCUT2D eigenvalue weighted by molar-refractivity contribution is 6.31. The summed E-state index contributed by atoms with van der Waals surface area (Å²) < 4.78 is 5.08. The summed E-state index contributed by atoms with van der Waals surface area (Å²) in [4.78, 5) is 0. The fraction of sp³-hybridized carbons (Fsp3) is 0.286. The molecule has 0 spiro atoms. The normalized spacial score (nSPS) is 14.5. The third kappa shape index (κ3) is 2.90. The summed E-state index contributed by atoms with van der Waals surface area (Å²) in [7, 11) is 0. The molecule has 2 atom stereocenters. The molecule has 90 valence electrons. The van der Waals surface area contributed by atoms with E-state index < -0.39 is 0 Å². The number of furan rings is 1. The monoisotopic (exact) mass is 249 g/mol. The minimum atomic E-state index is 0.202. The van der Waals surface area contributed by atoms with Gasteiger partial charge in [-0.25, -0.2) is 0 Å². The predicted molar refractivity (Wildman–Crippen MR) is 70.1 cm³/mol. The number of halogens is 1. The van der Waals surface area contributed by atoms with Gasteiger partial charge in [-0.1, -0.05) is 29.8 Å². The molecule has 0 saturated heterocycles. The molecular formula is C14H16ClNO. The van der Waals surface area contributed by atoms with Crippen molar-refractivity contribution in [2.75, 3.05) is 0 Å². The molecule has 1 heterocycles. The Morgan fingerprint density at radius 1 is 1.12 bits per heavy atom. The van der Waals surface area contributed by atoms with E-state index in [9.17, 15) is 0 Å². The highest BCUT2D eigenvalue weighted by Crippen LogP contribution is 2.25. The zero-order valence-electron chi connectivity index (χ0n) is 9.98. The van der Waals surface area contributed by atoms with Crippen molar-refractivity contribution in [1.82, 2.24) is 5.32 Å². The SMILES string of the molecule is CC(NC(C)c1ccccc1Cl)c1ccoc1. The Labute approximate surface area is 107 Å². The molecule has 0 radical (unpaired) electrons. The first kappa shape index (κ1) is 12.2. The van der Waals surface area contributed by atoms with Crippen molar-refractivity contribution in [3.63, 3.8) is 0 Å². The summed E-state index contributed by atoms with van der Waals surface area (Å²) >= 11 is 6.17. The van der Waals surface area contributed by atoms with Gasteiger partial charge in [-0.2, -0.15) is 0 Å². The van der Waals surface area contributed by atoms with Gasteiger partial charge in [0.1, 0.15) is 0 Å². The minimum absolute atomic E-state index is 0.202. The zero-order chi connectivity index (χ0) is 12.3. The van der Waals surface area contributed by atoms with E-state index in [2.05, 4.69) is 19.2 Å². The average molecular weight is 250 g/mol. The van der Waals surface area contributed by atoms with E-state index in [1.807, 2.05) is 30.3 Å². The van der Waals surface area contributed by atoms with Gasteiger partial charge < -0.3 is 9.73 Å². The van der Waals surface area contributed by atoms with Crippen LogP contribution in [-0.2, 0) is 0 Å². The van der Waals surface area contributed by atoms with E-state index in [1.54, 1.807) is 12.5 Å². The van der Waals surface area contributed by atoms with Crippen LogP contribution in [0.2, 0.25) is 5.02 Å². The van der Waals surface area contributed by atoms with Gasteiger partial charge in [-0.15, -0.1) is 0 Å². The summed E-state index contributed by atoms with van der Waals surface area (Å²) in [5.74, 6) is 0. The molecule has 2 rings (SSSR count). The molecule has 0 aliphatic rings. The van der Waals surface area contributed by atoms with Gasteiger partial charge in [-0.05, 0) is 31.5 Å². The molecule has 2 aromatic rings. The van der Waals surface area contributed by atoms with Crippen molar-refractivity contribution in [3.05, 3.63) is 59.0 Å². The molecule has 17 heavy (non-hydrogen) atoms. The lowest BCUT2D eigenvalue weighted by atomic mass is 10.1. The Morgan fingerprint density at radius 3 is 2.53 bits per heavy atom. The van der Waals surface area contributed by atoms with Gasteiger partial charge in [0.15, 0.2) is 0 Å². The third-order valence-corrected chi connectivity index (χ3v) is 3.26. The number of nitrogens with one attached hydrogen (secondary N) is 1. The van der Waals surface area contributed by atoms with Gasteiger partial charge in [0, 0.05) is 22.7 Å². The minimum Gasteiger partial charge on any atom is -0.472 e. The highest BCUT2D eigenvalue weighted by atomic mass is 35.5. The Kier molecular flexibility index (Phi) is 3.87. The second-order valence-corrected chi connectivity index (χ2v) is 4.60. The summed E-state index contributed by atoms with van der Waals surface area (Å²) in [5, 5.41) is 4.29. The first-order chi connectivity index (χ1) is 8.18. The molecule has 2 nitrogen and oxygen atoms in total. The molecule has 0 fully saturated rings. The van der Waals surface area contributed by atoms with Crippen molar-refractivity contribution >= 4 is 11.6 Å². The average Bonchev–Trinajstić information content (AvgIpc) is 2.82. The second kappa shape index (κ2) is 5.39. The summed E-state index contributed by atoms with van der Waals surface area (Å²) in [6, 6.07) is 10.3. The van der Waals surface area contributed by atoms with E-state index >= 15 is 0 Å². The summed E-state index contributed by atoms with van der Waals surface area (Å²) in [6.45, 7) is 4.22. The highest BCUT2D eigenvalue weighted by Gasteiger charge is 2.13. The molecule has 0 amide bonds. The van der Waals surface area contributed by atoms with Crippen molar-refractivity contribution in [2.24, 2.45) is 0 Å². The van der Waals surface area contributed by atoms with Crippen LogP contribution < -0.4 is 5.32 Å². The third-order valence-electron chi connectivity index (χ3n) is 2.91. The van der Waals surface area contributed by atoms with Crippen LogP contribution >= 0.6 is 11.6 Å². The largest absolute Gasteiger partial charge is 0.472 e. The molecule has 1 aromatic carbocycles. The molecule has 0 aliphatic heterocycles. The maximum atomic E-state index is 6.17. The quantitative estimate of drug-likeness (QED) is 0.872. The van der Waals surface area contributed by atoms with E-state index in [-0.39, 0.29) is 12.1 Å². The number of rotatable bonds is 4. The molecule has 3 heteroatoms. The molecule has 0 bridgehead atoms. The Morgan fingerprint density at radius 2 is 1.88 bits per heavy atom. The van der Waals surface area contributed by atoms with Crippen molar-refractivity contribution in [2.45, 2.75) is 25.9 Å². The zero-order valence-corrected chi connectivity index (χ0v) is 10.7. The Hall–Kier alpha value is -1.25. The van der Waals surface area contributed by atoms with Crippen molar-refractivity contribution in [1.29, 1.82) is 0 Å². The van der Waals surface area contributed by atoms with E-state index in [0.717, 1.165) is 16.1 Å². The lowest BCUT2D eigenvalue weighted by molar-refractivity contribution is 0.486. The molecular weight excluding hydrogens is 234 g/mol. The summed E-state index contributed by atoms with van der Waals surface area (Å²) in [5.41, 5.74) is 2.26. The van der Waals surface area contributed by atoms with Gasteiger partial charge in [0.05, 0.1) is 12.5 Å². The molecule has 1 aromatic heterocycles. The van der Waals surface area contributed by atoms with Crippen molar-refractivity contribution in [3.8, 4) is 0 Å². The lowest BCUT2D eigenvalue weighted by Crippen LogP contribution is -2.22. The molecule has 0 saturated carbocycles. The standard InChI is InChI=1S/C14H16ClNO/c1-10(12-7-8-17-9-12)16-11(2)13-5-3-4-6-14(13)15/h3-11,16H,1-2H3. The van der Waals surface area contributed by atoms with E-state index in [0.29, 0.717) is 0 Å². The van der Waals surface area contributed by atoms with Gasteiger partial charge in [-0.3, -0.25) is 0 Å². The molecule has 2 unspecified atom stereocenters. The van der Waals surface area contributed by atoms with Crippen LogP contribution in [0.25, 0.3) is 0 Å². The van der Waals surface area contributed by atoms with Gasteiger partial charge in [0.25, 0.3) is 0 Å².